The van der Waals surface area contributed by atoms with E-state index in [1.165, 1.54) is 23.5 Å². The van der Waals surface area contributed by atoms with Gasteiger partial charge >= 0.3 is 0 Å². The number of sulfonamides is 1. The Bertz CT molecular complexity index is 1210. The molecule has 0 atom stereocenters. The first-order valence-electron chi connectivity index (χ1n) is 9.07. The Morgan fingerprint density at radius 3 is 2.50 bits per heavy atom. The summed E-state index contributed by atoms with van der Waals surface area (Å²) in [6, 6.07) is 9.24. The predicted molar refractivity (Wildman–Crippen MR) is 119 cm³/mol. The molecule has 1 heterocycles. The number of hydrogen-bond acceptors (Lipinski definition) is 7. The number of nitro benzene ring substituents is 1. The van der Waals surface area contributed by atoms with E-state index in [0.717, 1.165) is 27.9 Å². The SMILES string of the molecule is Cc1ccc(NS(=O)(=O)c2ccc(N(C)Cc3csc(C)n3)c([N+](=O)[O-])c2)c(C)c1. The summed E-state index contributed by atoms with van der Waals surface area (Å²) in [5.74, 6) is 0. The minimum absolute atomic E-state index is 0.171. The van der Waals surface area contributed by atoms with Crippen LogP contribution in [0.2, 0.25) is 0 Å². The monoisotopic (exact) mass is 446 g/mol. The average molecular weight is 447 g/mol. The Morgan fingerprint density at radius 2 is 1.90 bits per heavy atom. The molecule has 0 fully saturated rings. The number of hydrogen-bond donors (Lipinski definition) is 1. The van der Waals surface area contributed by atoms with Crippen LogP contribution < -0.4 is 9.62 Å². The number of aromatic nitrogens is 1. The largest absolute Gasteiger partial charge is 0.363 e. The van der Waals surface area contributed by atoms with Gasteiger partial charge in [0.2, 0.25) is 0 Å². The van der Waals surface area contributed by atoms with Crippen molar-refractivity contribution in [3.63, 3.8) is 0 Å². The Morgan fingerprint density at radius 1 is 1.17 bits per heavy atom. The minimum atomic E-state index is -3.99. The lowest BCUT2D eigenvalue weighted by Crippen LogP contribution is -2.19. The van der Waals surface area contributed by atoms with E-state index < -0.39 is 14.9 Å². The van der Waals surface area contributed by atoms with E-state index in [1.807, 2.05) is 25.3 Å². The molecule has 0 radical (unpaired) electrons. The van der Waals surface area contributed by atoms with E-state index in [-0.39, 0.29) is 10.6 Å². The van der Waals surface area contributed by atoms with E-state index in [1.54, 1.807) is 31.0 Å². The molecule has 3 rings (SSSR count). The van der Waals surface area contributed by atoms with E-state index in [0.29, 0.717) is 17.9 Å². The summed E-state index contributed by atoms with van der Waals surface area (Å²) in [6.07, 6.45) is 0. The smallest absolute Gasteiger partial charge is 0.293 e. The third-order valence-corrected chi connectivity index (χ3v) is 6.74. The lowest BCUT2D eigenvalue weighted by Gasteiger charge is -2.19. The normalized spacial score (nSPS) is 11.3. The molecular weight excluding hydrogens is 424 g/mol. The summed E-state index contributed by atoms with van der Waals surface area (Å²) in [7, 11) is -2.28. The lowest BCUT2D eigenvalue weighted by molar-refractivity contribution is -0.384. The van der Waals surface area contributed by atoms with Crippen molar-refractivity contribution >= 4 is 38.4 Å². The first kappa shape index (κ1) is 21.7. The predicted octanol–water partition coefficient (Wildman–Crippen LogP) is 4.41. The van der Waals surface area contributed by atoms with Gasteiger partial charge in [-0.05, 0) is 44.5 Å². The standard InChI is InChI=1S/C20H22N4O4S2/c1-13-5-7-18(14(2)9-13)22-30(27,28)17-6-8-19(20(10-17)24(25)26)23(4)11-16-12-29-15(3)21-16/h5-10,12,22H,11H2,1-4H3. The molecule has 0 aliphatic heterocycles. The highest BCUT2D eigenvalue weighted by Gasteiger charge is 2.24. The van der Waals surface area contributed by atoms with Gasteiger partial charge in [-0.2, -0.15) is 0 Å². The molecule has 0 aliphatic rings. The van der Waals surface area contributed by atoms with E-state index in [2.05, 4.69) is 9.71 Å². The van der Waals surface area contributed by atoms with Crippen molar-refractivity contribution < 1.29 is 13.3 Å². The second-order valence-electron chi connectivity index (χ2n) is 7.05. The number of anilines is 2. The van der Waals surface area contributed by atoms with Crippen LogP contribution in [0, 0.1) is 30.9 Å². The highest BCUT2D eigenvalue weighted by Crippen LogP contribution is 2.32. The van der Waals surface area contributed by atoms with Gasteiger partial charge in [0, 0.05) is 18.5 Å². The molecule has 0 bridgehead atoms. The summed E-state index contributed by atoms with van der Waals surface area (Å²) in [5, 5.41) is 14.5. The topological polar surface area (TPSA) is 105 Å². The maximum atomic E-state index is 12.8. The van der Waals surface area contributed by atoms with Gasteiger partial charge in [-0.15, -0.1) is 11.3 Å². The highest BCUT2D eigenvalue weighted by molar-refractivity contribution is 7.92. The third kappa shape index (κ3) is 4.77. The summed E-state index contributed by atoms with van der Waals surface area (Å²) < 4.78 is 28.2. The quantitative estimate of drug-likeness (QED) is 0.426. The van der Waals surface area contributed by atoms with Crippen molar-refractivity contribution in [2.75, 3.05) is 16.7 Å². The molecule has 0 aliphatic carbocycles. The molecule has 0 saturated carbocycles. The fourth-order valence-corrected chi connectivity index (χ4v) is 4.83. The molecule has 158 valence electrons. The second-order valence-corrected chi connectivity index (χ2v) is 9.79. The van der Waals surface area contributed by atoms with Crippen molar-refractivity contribution in [2.24, 2.45) is 0 Å². The molecule has 0 amide bonds. The zero-order valence-corrected chi connectivity index (χ0v) is 18.7. The lowest BCUT2D eigenvalue weighted by atomic mass is 10.1. The molecule has 1 N–H and O–H groups in total. The van der Waals surface area contributed by atoms with Gasteiger partial charge < -0.3 is 4.90 Å². The van der Waals surface area contributed by atoms with Crippen LogP contribution in [-0.2, 0) is 16.6 Å². The summed E-state index contributed by atoms with van der Waals surface area (Å²) in [5.41, 5.74) is 3.03. The molecule has 0 spiro atoms. The zero-order chi connectivity index (χ0) is 22.1. The number of aryl methyl sites for hydroxylation is 3. The van der Waals surface area contributed by atoms with E-state index in [9.17, 15) is 18.5 Å². The molecule has 10 heteroatoms. The van der Waals surface area contributed by atoms with Crippen LogP contribution >= 0.6 is 11.3 Å². The number of thiazole rings is 1. The highest BCUT2D eigenvalue weighted by atomic mass is 32.2. The summed E-state index contributed by atoms with van der Waals surface area (Å²) in [6.45, 7) is 5.97. The molecule has 2 aromatic carbocycles. The number of nitro groups is 1. The number of benzene rings is 2. The van der Waals surface area contributed by atoms with Crippen LogP contribution in [0.3, 0.4) is 0 Å². The van der Waals surface area contributed by atoms with Gasteiger partial charge in [0.05, 0.1) is 32.8 Å². The third-order valence-electron chi connectivity index (χ3n) is 4.56. The van der Waals surface area contributed by atoms with Gasteiger partial charge in [0.1, 0.15) is 5.69 Å². The molecule has 0 saturated heterocycles. The molecular formula is C20H22N4O4S2. The number of rotatable bonds is 7. The van der Waals surface area contributed by atoms with Crippen LogP contribution in [0.5, 0.6) is 0 Å². The fraction of sp³-hybridized carbons (Fsp3) is 0.250. The Kier molecular flexibility index (Phi) is 6.09. The van der Waals surface area contributed by atoms with Crippen molar-refractivity contribution in [3.8, 4) is 0 Å². The molecule has 3 aromatic rings. The Hall–Kier alpha value is -2.98. The van der Waals surface area contributed by atoms with E-state index >= 15 is 0 Å². The van der Waals surface area contributed by atoms with Crippen LogP contribution in [0.4, 0.5) is 17.1 Å². The van der Waals surface area contributed by atoms with Gasteiger partial charge in [0.15, 0.2) is 0 Å². The summed E-state index contributed by atoms with van der Waals surface area (Å²) >= 11 is 1.50. The molecule has 8 nitrogen and oxygen atoms in total. The van der Waals surface area contributed by atoms with Crippen molar-refractivity contribution in [1.82, 2.24) is 4.98 Å². The van der Waals surface area contributed by atoms with Crippen LogP contribution in [0.1, 0.15) is 21.8 Å². The van der Waals surface area contributed by atoms with Crippen LogP contribution in [0.25, 0.3) is 0 Å². The van der Waals surface area contributed by atoms with Gasteiger partial charge in [-0.25, -0.2) is 13.4 Å². The maximum absolute atomic E-state index is 12.8. The van der Waals surface area contributed by atoms with Crippen molar-refractivity contribution in [1.29, 1.82) is 0 Å². The average Bonchev–Trinajstić information content (AvgIpc) is 3.08. The molecule has 30 heavy (non-hydrogen) atoms. The Balaban J connectivity index is 1.92. The first-order valence-corrected chi connectivity index (χ1v) is 11.4. The van der Waals surface area contributed by atoms with Gasteiger partial charge in [0.25, 0.3) is 15.7 Å². The Labute approximate surface area is 179 Å². The van der Waals surface area contributed by atoms with Gasteiger partial charge in [-0.3, -0.25) is 14.8 Å². The van der Waals surface area contributed by atoms with Crippen LogP contribution in [0.15, 0.2) is 46.7 Å². The van der Waals surface area contributed by atoms with E-state index in [4.69, 9.17) is 0 Å². The number of nitrogens with one attached hydrogen (secondary N) is 1. The maximum Gasteiger partial charge on any atom is 0.293 e. The van der Waals surface area contributed by atoms with Crippen molar-refractivity contribution in [3.05, 3.63) is 73.7 Å². The summed E-state index contributed by atoms with van der Waals surface area (Å²) in [4.78, 5) is 17.0. The minimum Gasteiger partial charge on any atom is -0.363 e. The first-order chi connectivity index (χ1) is 14.1. The number of nitrogens with zero attached hydrogens (tertiary/aromatic N) is 3. The molecule has 0 unspecified atom stereocenters. The van der Waals surface area contributed by atoms with Crippen molar-refractivity contribution in [2.45, 2.75) is 32.2 Å². The zero-order valence-electron chi connectivity index (χ0n) is 17.0. The van der Waals surface area contributed by atoms with Gasteiger partial charge in [-0.1, -0.05) is 17.7 Å². The molecule has 1 aromatic heterocycles. The fourth-order valence-electron chi connectivity index (χ4n) is 3.08. The van der Waals surface area contributed by atoms with Crippen LogP contribution in [-0.4, -0.2) is 25.4 Å². The second kappa shape index (κ2) is 8.41.